The van der Waals surface area contributed by atoms with Gasteiger partial charge < -0.3 is 10.3 Å². The van der Waals surface area contributed by atoms with Crippen LogP contribution >= 0.6 is 0 Å². The first-order valence-corrected chi connectivity index (χ1v) is 12.6. The Kier molecular flexibility index (Phi) is 5.35. The van der Waals surface area contributed by atoms with E-state index in [2.05, 4.69) is 35.5 Å². The van der Waals surface area contributed by atoms with Crippen LogP contribution in [0.15, 0.2) is 67.4 Å². The Labute approximate surface area is 217 Å². The van der Waals surface area contributed by atoms with E-state index in [1.54, 1.807) is 31.0 Å². The van der Waals surface area contributed by atoms with E-state index in [9.17, 15) is 4.79 Å². The van der Waals surface area contributed by atoms with Crippen molar-refractivity contribution < 1.29 is 4.79 Å². The monoisotopic (exact) mass is 501 g/mol. The standard InChI is InChI=1S/C28H23N9O/c38-28(16-5-1-2-6-16)32-18-11-17(12-29-13-18)20-8-9-22-25(33-20)26(37-36-22)27-34-23-15-30-14-19(24(23)35-27)21-7-3-4-10-31-21/h3-4,7-16H,1-2,5-6H2,(H,32,38)(H,34,35)(H,36,37). The summed E-state index contributed by atoms with van der Waals surface area (Å²) in [6, 6.07) is 11.5. The molecular weight excluding hydrogens is 478 g/mol. The van der Waals surface area contributed by atoms with Gasteiger partial charge in [0.25, 0.3) is 0 Å². The molecule has 6 heterocycles. The molecule has 1 fully saturated rings. The first kappa shape index (κ1) is 22.2. The minimum absolute atomic E-state index is 0.0615. The summed E-state index contributed by atoms with van der Waals surface area (Å²) < 4.78 is 0. The van der Waals surface area contributed by atoms with Crippen molar-refractivity contribution >= 4 is 33.7 Å². The molecule has 0 bridgehead atoms. The van der Waals surface area contributed by atoms with E-state index in [0.717, 1.165) is 64.7 Å². The highest BCUT2D eigenvalue weighted by atomic mass is 16.1. The number of hydrogen-bond acceptors (Lipinski definition) is 7. The highest BCUT2D eigenvalue weighted by Crippen LogP contribution is 2.31. The Hall–Kier alpha value is -4.99. The third-order valence-corrected chi connectivity index (χ3v) is 6.99. The van der Waals surface area contributed by atoms with Gasteiger partial charge in [-0.2, -0.15) is 5.10 Å². The largest absolute Gasteiger partial charge is 0.335 e. The van der Waals surface area contributed by atoms with Crippen LogP contribution in [0.4, 0.5) is 5.69 Å². The number of nitrogens with zero attached hydrogens (tertiary/aromatic N) is 6. The Morgan fingerprint density at radius 1 is 0.895 bits per heavy atom. The molecule has 0 unspecified atom stereocenters. The minimum Gasteiger partial charge on any atom is -0.335 e. The van der Waals surface area contributed by atoms with E-state index >= 15 is 0 Å². The van der Waals surface area contributed by atoms with Crippen molar-refractivity contribution in [2.45, 2.75) is 25.7 Å². The smallest absolute Gasteiger partial charge is 0.227 e. The van der Waals surface area contributed by atoms with Gasteiger partial charge in [-0.3, -0.25) is 24.8 Å². The topological polar surface area (TPSA) is 138 Å². The lowest BCUT2D eigenvalue weighted by Gasteiger charge is -2.11. The second-order valence-corrected chi connectivity index (χ2v) is 9.48. The predicted molar refractivity (Wildman–Crippen MR) is 144 cm³/mol. The molecular formula is C28H23N9O. The Balaban J connectivity index is 1.25. The van der Waals surface area contributed by atoms with Crippen molar-refractivity contribution in [3.05, 3.63) is 67.4 Å². The van der Waals surface area contributed by atoms with Crippen LogP contribution in [0.1, 0.15) is 25.7 Å². The molecule has 6 aromatic rings. The Bertz CT molecular complexity index is 1780. The van der Waals surface area contributed by atoms with Gasteiger partial charge in [0.15, 0.2) is 11.5 Å². The minimum atomic E-state index is 0.0615. The summed E-state index contributed by atoms with van der Waals surface area (Å²) >= 11 is 0. The van der Waals surface area contributed by atoms with Gasteiger partial charge >= 0.3 is 0 Å². The zero-order valence-electron chi connectivity index (χ0n) is 20.3. The maximum Gasteiger partial charge on any atom is 0.227 e. The lowest BCUT2D eigenvalue weighted by molar-refractivity contribution is -0.119. The predicted octanol–water partition coefficient (Wildman–Crippen LogP) is 5.15. The van der Waals surface area contributed by atoms with Gasteiger partial charge in [-0.15, -0.1) is 0 Å². The zero-order chi connectivity index (χ0) is 25.5. The summed E-state index contributed by atoms with van der Waals surface area (Å²) in [6.07, 6.45) is 12.8. The average molecular weight is 502 g/mol. The molecule has 0 saturated heterocycles. The first-order valence-electron chi connectivity index (χ1n) is 12.6. The number of H-pyrrole nitrogens is 2. The summed E-state index contributed by atoms with van der Waals surface area (Å²) in [4.78, 5) is 38.8. The molecule has 0 aromatic carbocycles. The molecule has 6 aromatic heterocycles. The fraction of sp³-hybridized carbons (Fsp3) is 0.179. The number of aromatic nitrogens is 8. The van der Waals surface area contributed by atoms with Crippen LogP contribution < -0.4 is 5.32 Å². The first-order chi connectivity index (χ1) is 18.7. The number of carbonyl (C=O) groups excluding carboxylic acids is 1. The maximum atomic E-state index is 12.6. The molecule has 10 heteroatoms. The number of rotatable bonds is 5. The molecule has 0 spiro atoms. The molecule has 10 nitrogen and oxygen atoms in total. The fourth-order valence-corrected chi connectivity index (χ4v) is 5.06. The highest BCUT2D eigenvalue weighted by Gasteiger charge is 2.23. The van der Waals surface area contributed by atoms with E-state index in [1.807, 2.05) is 36.4 Å². The van der Waals surface area contributed by atoms with Crippen LogP contribution in [-0.4, -0.2) is 46.0 Å². The molecule has 0 atom stereocenters. The average Bonchev–Trinajstić information content (AvgIpc) is 3.73. The van der Waals surface area contributed by atoms with Crippen molar-refractivity contribution in [3.63, 3.8) is 0 Å². The number of fused-ring (bicyclic) bond motifs is 2. The van der Waals surface area contributed by atoms with Crippen molar-refractivity contribution in [1.82, 2.24) is 40.1 Å². The van der Waals surface area contributed by atoms with E-state index in [0.29, 0.717) is 22.7 Å². The summed E-state index contributed by atoms with van der Waals surface area (Å²) in [5.74, 6) is 0.724. The van der Waals surface area contributed by atoms with Crippen LogP contribution in [0.3, 0.4) is 0 Å². The quantitative estimate of drug-likeness (QED) is 0.297. The number of aromatic amines is 2. The SMILES string of the molecule is O=C(Nc1cncc(-c2ccc3[nH]nc(-c4nc5c(-c6ccccn6)cncc5[nH]4)c3n2)c1)C1CCCC1. The molecule has 186 valence electrons. The van der Waals surface area contributed by atoms with Crippen molar-refractivity contribution in [2.24, 2.45) is 5.92 Å². The van der Waals surface area contributed by atoms with Crippen LogP contribution in [0.5, 0.6) is 0 Å². The van der Waals surface area contributed by atoms with Gasteiger partial charge in [-0.05, 0) is 43.2 Å². The zero-order valence-corrected chi connectivity index (χ0v) is 20.3. The van der Waals surface area contributed by atoms with Gasteiger partial charge in [0.05, 0.1) is 40.5 Å². The lowest BCUT2D eigenvalue weighted by atomic mass is 10.1. The number of anilines is 1. The van der Waals surface area contributed by atoms with Crippen LogP contribution in [-0.2, 0) is 4.79 Å². The lowest BCUT2D eigenvalue weighted by Crippen LogP contribution is -2.20. The van der Waals surface area contributed by atoms with Crippen LogP contribution in [0.25, 0.3) is 56.1 Å². The second kappa shape index (κ2) is 9.15. The number of imidazole rings is 1. The fourth-order valence-electron chi connectivity index (χ4n) is 5.06. The molecule has 7 rings (SSSR count). The van der Waals surface area contributed by atoms with Gasteiger partial charge in [0.2, 0.25) is 5.91 Å². The van der Waals surface area contributed by atoms with E-state index in [1.165, 1.54) is 0 Å². The molecule has 1 aliphatic rings. The summed E-state index contributed by atoms with van der Waals surface area (Å²) in [6.45, 7) is 0. The number of nitrogens with one attached hydrogen (secondary N) is 3. The molecule has 3 N–H and O–H groups in total. The normalized spacial score (nSPS) is 13.9. The molecule has 0 aliphatic heterocycles. The molecule has 0 radical (unpaired) electrons. The summed E-state index contributed by atoms with van der Waals surface area (Å²) in [5, 5.41) is 10.6. The molecule has 38 heavy (non-hydrogen) atoms. The summed E-state index contributed by atoms with van der Waals surface area (Å²) in [5.41, 5.74) is 7.42. The highest BCUT2D eigenvalue weighted by molar-refractivity contribution is 5.96. The molecule has 1 amide bonds. The number of carbonyl (C=O) groups is 1. The van der Waals surface area contributed by atoms with Gasteiger partial charge in [-0.1, -0.05) is 18.9 Å². The summed E-state index contributed by atoms with van der Waals surface area (Å²) in [7, 11) is 0. The second-order valence-electron chi connectivity index (χ2n) is 9.48. The molecule has 1 saturated carbocycles. The van der Waals surface area contributed by atoms with Gasteiger partial charge in [0, 0.05) is 35.6 Å². The van der Waals surface area contributed by atoms with E-state index < -0.39 is 0 Å². The van der Waals surface area contributed by atoms with Crippen LogP contribution in [0.2, 0.25) is 0 Å². The van der Waals surface area contributed by atoms with Gasteiger partial charge in [0.1, 0.15) is 11.0 Å². The maximum absolute atomic E-state index is 12.6. The Morgan fingerprint density at radius 2 is 1.79 bits per heavy atom. The van der Waals surface area contributed by atoms with Crippen LogP contribution in [0, 0.1) is 5.92 Å². The van der Waals surface area contributed by atoms with Crippen molar-refractivity contribution in [2.75, 3.05) is 5.32 Å². The van der Waals surface area contributed by atoms with E-state index in [-0.39, 0.29) is 11.8 Å². The van der Waals surface area contributed by atoms with E-state index in [4.69, 9.17) is 9.97 Å². The third kappa shape index (κ3) is 3.96. The number of pyridine rings is 4. The number of hydrogen-bond donors (Lipinski definition) is 3. The number of amides is 1. The Morgan fingerprint density at radius 3 is 2.66 bits per heavy atom. The van der Waals surface area contributed by atoms with Crippen molar-refractivity contribution in [3.8, 4) is 34.0 Å². The third-order valence-electron chi connectivity index (χ3n) is 6.99. The van der Waals surface area contributed by atoms with Gasteiger partial charge in [-0.25, -0.2) is 9.97 Å². The molecule has 1 aliphatic carbocycles. The van der Waals surface area contributed by atoms with Crippen molar-refractivity contribution in [1.29, 1.82) is 0 Å².